The Kier molecular flexibility index (Phi) is 6.08. The topological polar surface area (TPSA) is 55.4 Å². The van der Waals surface area contributed by atoms with E-state index >= 15 is 0 Å². The summed E-state index contributed by atoms with van der Waals surface area (Å²) in [5.74, 6) is -0.149. The number of ether oxygens (including phenoxy) is 1. The number of nitrogens with one attached hydrogen (secondary N) is 1. The van der Waals surface area contributed by atoms with Crippen LogP contribution in [0.25, 0.3) is 0 Å². The number of rotatable bonds is 5. The van der Waals surface area contributed by atoms with E-state index in [1.807, 2.05) is 13.8 Å². The van der Waals surface area contributed by atoms with Gasteiger partial charge in [0, 0.05) is 6.42 Å². The summed E-state index contributed by atoms with van der Waals surface area (Å²) in [4.78, 5) is 22.6. The van der Waals surface area contributed by atoms with Crippen molar-refractivity contribution in [3.63, 3.8) is 0 Å². The van der Waals surface area contributed by atoms with Gasteiger partial charge >= 0.3 is 5.97 Å². The maximum absolute atomic E-state index is 11.4. The third kappa shape index (κ3) is 8.26. The molecule has 0 aromatic heterocycles. The second kappa shape index (κ2) is 6.51. The lowest BCUT2D eigenvalue weighted by Crippen LogP contribution is -2.35. The van der Waals surface area contributed by atoms with Gasteiger partial charge < -0.3 is 10.1 Å². The number of hydrogen-bond donors (Lipinski definition) is 1. The molecule has 16 heavy (non-hydrogen) atoms. The van der Waals surface area contributed by atoms with Crippen LogP contribution in [0.3, 0.4) is 0 Å². The van der Waals surface area contributed by atoms with Gasteiger partial charge in [0.15, 0.2) is 0 Å². The Morgan fingerprint density at radius 3 is 2.31 bits per heavy atom. The first-order valence-corrected chi connectivity index (χ1v) is 5.73. The molecule has 0 aliphatic carbocycles. The summed E-state index contributed by atoms with van der Waals surface area (Å²) >= 11 is 0. The van der Waals surface area contributed by atoms with Crippen LogP contribution in [0, 0.1) is 5.92 Å². The summed E-state index contributed by atoms with van der Waals surface area (Å²) in [5.41, 5.74) is -0.501. The van der Waals surface area contributed by atoms with Crippen LogP contribution in [-0.4, -0.2) is 24.0 Å². The van der Waals surface area contributed by atoms with Gasteiger partial charge in [-0.2, -0.15) is 0 Å². The third-order valence-corrected chi connectivity index (χ3v) is 2.08. The summed E-state index contributed by atoms with van der Waals surface area (Å²) in [5, 5.41) is 2.56. The molecule has 0 rings (SSSR count). The van der Waals surface area contributed by atoms with Crippen molar-refractivity contribution in [3.05, 3.63) is 0 Å². The lowest BCUT2D eigenvalue weighted by Gasteiger charge is -2.19. The van der Waals surface area contributed by atoms with Crippen molar-refractivity contribution in [2.45, 2.75) is 53.1 Å². The molecule has 1 atom stereocenters. The van der Waals surface area contributed by atoms with Crippen molar-refractivity contribution in [2.24, 2.45) is 5.92 Å². The molecule has 0 aliphatic rings. The number of carbonyl (C=O) groups is 2. The SMILES string of the molecule is CC[C@@H](C)CC(=O)NCC(=O)OC(C)(C)C. The standard InChI is InChI=1S/C12H23NO3/c1-6-9(2)7-10(14)13-8-11(15)16-12(3,4)5/h9H,6-8H2,1-5H3,(H,13,14)/t9-/m1/s1. The van der Waals surface area contributed by atoms with Crippen LogP contribution in [0.5, 0.6) is 0 Å². The molecule has 4 heteroatoms. The zero-order chi connectivity index (χ0) is 12.8. The lowest BCUT2D eigenvalue weighted by atomic mass is 10.1. The Bertz CT molecular complexity index is 243. The number of carbonyl (C=O) groups excluding carboxylic acids is 2. The number of hydrogen-bond acceptors (Lipinski definition) is 3. The van der Waals surface area contributed by atoms with E-state index in [4.69, 9.17) is 4.74 Å². The van der Waals surface area contributed by atoms with E-state index in [1.54, 1.807) is 20.8 Å². The minimum atomic E-state index is -0.501. The fourth-order valence-electron chi connectivity index (χ4n) is 1.08. The second-order valence-electron chi connectivity index (χ2n) is 5.08. The van der Waals surface area contributed by atoms with Gasteiger partial charge in [-0.3, -0.25) is 9.59 Å². The highest BCUT2D eigenvalue weighted by Crippen LogP contribution is 2.07. The predicted octanol–water partition coefficient (Wildman–Crippen LogP) is 1.88. The van der Waals surface area contributed by atoms with Crippen LogP contribution in [-0.2, 0) is 14.3 Å². The van der Waals surface area contributed by atoms with Gasteiger partial charge in [-0.1, -0.05) is 20.3 Å². The Labute approximate surface area is 97.7 Å². The van der Waals surface area contributed by atoms with Crippen LogP contribution in [0.15, 0.2) is 0 Å². The average Bonchev–Trinajstić information content (AvgIpc) is 2.12. The van der Waals surface area contributed by atoms with E-state index in [1.165, 1.54) is 0 Å². The van der Waals surface area contributed by atoms with Crippen molar-refractivity contribution in [2.75, 3.05) is 6.54 Å². The van der Waals surface area contributed by atoms with Gasteiger partial charge in [0.2, 0.25) is 5.91 Å². The molecule has 0 heterocycles. The summed E-state index contributed by atoms with van der Waals surface area (Å²) < 4.78 is 5.07. The fraction of sp³-hybridized carbons (Fsp3) is 0.833. The molecule has 0 saturated heterocycles. The quantitative estimate of drug-likeness (QED) is 0.732. The molecule has 0 saturated carbocycles. The maximum atomic E-state index is 11.4. The maximum Gasteiger partial charge on any atom is 0.325 e. The van der Waals surface area contributed by atoms with E-state index in [9.17, 15) is 9.59 Å². The van der Waals surface area contributed by atoms with Gasteiger partial charge in [-0.05, 0) is 26.7 Å². The van der Waals surface area contributed by atoms with Crippen LogP contribution in [0.2, 0.25) is 0 Å². The molecule has 0 radical (unpaired) electrons. The minimum Gasteiger partial charge on any atom is -0.459 e. The van der Waals surface area contributed by atoms with E-state index in [0.717, 1.165) is 6.42 Å². The summed E-state index contributed by atoms with van der Waals surface area (Å²) in [7, 11) is 0. The Hall–Kier alpha value is -1.06. The third-order valence-electron chi connectivity index (χ3n) is 2.08. The number of amides is 1. The normalized spacial score (nSPS) is 13.1. The van der Waals surface area contributed by atoms with Crippen molar-refractivity contribution >= 4 is 11.9 Å². The molecule has 0 bridgehead atoms. The van der Waals surface area contributed by atoms with Crippen LogP contribution in [0.4, 0.5) is 0 Å². The molecule has 0 spiro atoms. The highest BCUT2D eigenvalue weighted by atomic mass is 16.6. The molecule has 94 valence electrons. The number of esters is 1. The molecule has 1 amide bonds. The lowest BCUT2D eigenvalue weighted by molar-refractivity contribution is -0.154. The molecule has 1 N–H and O–H groups in total. The monoisotopic (exact) mass is 229 g/mol. The fourth-order valence-corrected chi connectivity index (χ4v) is 1.08. The molecule has 0 aliphatic heterocycles. The van der Waals surface area contributed by atoms with Gasteiger partial charge in [-0.15, -0.1) is 0 Å². The van der Waals surface area contributed by atoms with Gasteiger partial charge in [0.1, 0.15) is 12.1 Å². The average molecular weight is 229 g/mol. The first-order chi connectivity index (χ1) is 7.24. The van der Waals surface area contributed by atoms with Crippen molar-refractivity contribution < 1.29 is 14.3 Å². The molecule has 0 aromatic carbocycles. The van der Waals surface area contributed by atoms with Crippen molar-refractivity contribution in [1.29, 1.82) is 0 Å². The molecular formula is C12H23NO3. The molecule has 0 fully saturated rings. The highest BCUT2D eigenvalue weighted by Gasteiger charge is 2.16. The van der Waals surface area contributed by atoms with Gasteiger partial charge in [0.25, 0.3) is 0 Å². The van der Waals surface area contributed by atoms with Crippen LogP contribution < -0.4 is 5.32 Å². The zero-order valence-corrected chi connectivity index (χ0v) is 10.9. The van der Waals surface area contributed by atoms with Crippen LogP contribution in [0.1, 0.15) is 47.5 Å². The molecule has 0 unspecified atom stereocenters. The van der Waals surface area contributed by atoms with Crippen molar-refractivity contribution in [1.82, 2.24) is 5.32 Å². The van der Waals surface area contributed by atoms with E-state index in [0.29, 0.717) is 12.3 Å². The Morgan fingerprint density at radius 2 is 1.88 bits per heavy atom. The predicted molar refractivity (Wildman–Crippen MR) is 62.9 cm³/mol. The summed E-state index contributed by atoms with van der Waals surface area (Å²) in [6.07, 6.45) is 1.42. The van der Waals surface area contributed by atoms with Crippen molar-refractivity contribution in [3.8, 4) is 0 Å². The first kappa shape index (κ1) is 14.9. The molecule has 0 aromatic rings. The zero-order valence-electron chi connectivity index (χ0n) is 10.9. The summed E-state index contributed by atoms with van der Waals surface area (Å²) in [6.45, 7) is 9.38. The highest BCUT2D eigenvalue weighted by molar-refractivity contribution is 5.82. The Balaban J connectivity index is 3.80. The Morgan fingerprint density at radius 1 is 1.31 bits per heavy atom. The van der Waals surface area contributed by atoms with E-state index < -0.39 is 11.6 Å². The largest absolute Gasteiger partial charge is 0.459 e. The summed E-state index contributed by atoms with van der Waals surface area (Å²) in [6, 6.07) is 0. The van der Waals surface area contributed by atoms with Crippen LogP contribution >= 0.6 is 0 Å². The molecular weight excluding hydrogens is 206 g/mol. The van der Waals surface area contributed by atoms with Gasteiger partial charge in [0.05, 0.1) is 0 Å². The van der Waals surface area contributed by atoms with Gasteiger partial charge in [-0.25, -0.2) is 0 Å². The second-order valence-corrected chi connectivity index (χ2v) is 5.08. The van der Waals surface area contributed by atoms with E-state index in [-0.39, 0.29) is 12.5 Å². The molecule has 4 nitrogen and oxygen atoms in total. The van der Waals surface area contributed by atoms with E-state index in [2.05, 4.69) is 5.32 Å². The minimum absolute atomic E-state index is 0.0491. The smallest absolute Gasteiger partial charge is 0.325 e. The first-order valence-electron chi connectivity index (χ1n) is 5.73.